The second-order valence-electron chi connectivity index (χ2n) is 5.41. The van der Waals surface area contributed by atoms with E-state index in [4.69, 9.17) is 0 Å². The Morgan fingerprint density at radius 1 is 1.37 bits per heavy atom. The van der Waals surface area contributed by atoms with Crippen LogP contribution in [0, 0.1) is 5.41 Å². The Morgan fingerprint density at radius 2 is 2.00 bits per heavy atom. The summed E-state index contributed by atoms with van der Waals surface area (Å²) >= 11 is 0. The van der Waals surface area contributed by atoms with Crippen molar-refractivity contribution in [2.24, 2.45) is 5.41 Å². The van der Waals surface area contributed by atoms with Gasteiger partial charge in [-0.1, -0.05) is 6.92 Å². The molecule has 2 N–H and O–H groups in total. The molecule has 0 saturated carbocycles. The minimum Gasteiger partial charge on any atom is -0.321 e. The van der Waals surface area contributed by atoms with Crippen molar-refractivity contribution in [2.45, 2.75) is 39.2 Å². The van der Waals surface area contributed by atoms with Gasteiger partial charge in [0.1, 0.15) is 12.6 Å². The van der Waals surface area contributed by atoms with E-state index < -0.39 is 17.4 Å². The molecule has 0 aromatic heterocycles. The molecule has 0 spiro atoms. The van der Waals surface area contributed by atoms with Gasteiger partial charge in [-0.2, -0.15) is 0 Å². The number of carbonyl (C=O) groups is 3. The lowest BCUT2D eigenvalue weighted by atomic mass is 9.75. The smallest absolute Gasteiger partial charge is 0.249 e. The number of nitrogens with one attached hydrogen (secondary N) is 2. The van der Waals surface area contributed by atoms with Crippen LogP contribution in [0.5, 0.6) is 0 Å². The number of imide groups is 1. The van der Waals surface area contributed by atoms with Gasteiger partial charge < -0.3 is 10.2 Å². The SMILES string of the molecule is CCC1(C(=O)N2CC(=O)NC(=O)C2C)CCNCC1. The fourth-order valence-corrected chi connectivity index (χ4v) is 2.89. The minimum absolute atomic E-state index is 0.0130. The first-order valence-electron chi connectivity index (χ1n) is 6.85. The second kappa shape index (κ2) is 5.28. The molecule has 2 rings (SSSR count). The highest BCUT2D eigenvalue weighted by Crippen LogP contribution is 2.35. The van der Waals surface area contributed by atoms with Gasteiger partial charge in [0.05, 0.1) is 5.41 Å². The molecule has 1 atom stereocenters. The van der Waals surface area contributed by atoms with E-state index in [1.54, 1.807) is 6.92 Å². The van der Waals surface area contributed by atoms with Crippen molar-refractivity contribution in [3.05, 3.63) is 0 Å². The van der Waals surface area contributed by atoms with Gasteiger partial charge in [-0.3, -0.25) is 19.7 Å². The highest BCUT2D eigenvalue weighted by molar-refractivity contribution is 6.04. The number of piperidine rings is 1. The molecule has 0 radical (unpaired) electrons. The van der Waals surface area contributed by atoms with Crippen LogP contribution in [0.4, 0.5) is 0 Å². The lowest BCUT2D eigenvalue weighted by molar-refractivity contribution is -0.156. The Hall–Kier alpha value is -1.43. The van der Waals surface area contributed by atoms with Crippen molar-refractivity contribution in [2.75, 3.05) is 19.6 Å². The van der Waals surface area contributed by atoms with Crippen molar-refractivity contribution in [1.29, 1.82) is 0 Å². The predicted molar refractivity (Wildman–Crippen MR) is 69.2 cm³/mol. The van der Waals surface area contributed by atoms with E-state index in [1.165, 1.54) is 4.90 Å². The van der Waals surface area contributed by atoms with Crippen LogP contribution in [0.2, 0.25) is 0 Å². The van der Waals surface area contributed by atoms with Gasteiger partial charge in [0.2, 0.25) is 17.7 Å². The first-order chi connectivity index (χ1) is 9.00. The molecule has 0 aliphatic carbocycles. The van der Waals surface area contributed by atoms with Gasteiger partial charge in [-0.15, -0.1) is 0 Å². The van der Waals surface area contributed by atoms with E-state index in [0.29, 0.717) is 0 Å². The summed E-state index contributed by atoms with van der Waals surface area (Å²) in [5.41, 5.74) is -0.419. The lowest BCUT2D eigenvalue weighted by Crippen LogP contribution is -2.62. The molecule has 0 aromatic rings. The van der Waals surface area contributed by atoms with Crippen LogP contribution in [0.25, 0.3) is 0 Å². The molecule has 0 aromatic carbocycles. The topological polar surface area (TPSA) is 78.5 Å². The van der Waals surface area contributed by atoms with E-state index in [2.05, 4.69) is 10.6 Å². The quantitative estimate of drug-likeness (QED) is 0.670. The molecule has 106 valence electrons. The molecular formula is C13H21N3O3. The van der Waals surface area contributed by atoms with Crippen LogP contribution in [0.15, 0.2) is 0 Å². The fourth-order valence-electron chi connectivity index (χ4n) is 2.89. The second-order valence-corrected chi connectivity index (χ2v) is 5.41. The summed E-state index contributed by atoms with van der Waals surface area (Å²) < 4.78 is 0. The van der Waals surface area contributed by atoms with E-state index in [1.807, 2.05) is 6.92 Å². The zero-order valence-electron chi connectivity index (χ0n) is 11.5. The van der Waals surface area contributed by atoms with Gasteiger partial charge in [0, 0.05) is 0 Å². The third-order valence-corrected chi connectivity index (χ3v) is 4.38. The van der Waals surface area contributed by atoms with Gasteiger partial charge >= 0.3 is 0 Å². The average molecular weight is 267 g/mol. The fraction of sp³-hybridized carbons (Fsp3) is 0.769. The molecule has 6 heteroatoms. The molecule has 2 aliphatic rings. The van der Waals surface area contributed by atoms with Gasteiger partial charge in [-0.05, 0) is 39.3 Å². The predicted octanol–water partition coefficient (Wildman–Crippen LogP) is -0.360. The van der Waals surface area contributed by atoms with Crippen LogP contribution < -0.4 is 10.6 Å². The maximum absolute atomic E-state index is 12.8. The summed E-state index contributed by atoms with van der Waals surface area (Å²) in [6.07, 6.45) is 2.27. The van der Waals surface area contributed by atoms with Crippen LogP contribution >= 0.6 is 0 Å². The standard InChI is InChI=1S/C13H21N3O3/c1-3-13(4-6-14-7-5-13)12(19)16-8-10(17)15-11(18)9(16)2/h9,14H,3-8H2,1-2H3,(H,15,17,18). The minimum atomic E-state index is -0.566. The Labute approximate surface area is 112 Å². The monoisotopic (exact) mass is 267 g/mol. The highest BCUT2D eigenvalue weighted by atomic mass is 16.2. The summed E-state index contributed by atoms with van der Waals surface area (Å²) in [4.78, 5) is 37.3. The third kappa shape index (κ3) is 2.49. The van der Waals surface area contributed by atoms with E-state index in [0.717, 1.165) is 32.4 Å². The van der Waals surface area contributed by atoms with Crippen LogP contribution in [-0.4, -0.2) is 48.3 Å². The molecule has 6 nitrogen and oxygen atoms in total. The van der Waals surface area contributed by atoms with Gasteiger partial charge in [0.15, 0.2) is 0 Å². The normalized spacial score (nSPS) is 27.1. The summed E-state index contributed by atoms with van der Waals surface area (Å²) in [6.45, 7) is 5.27. The molecule has 2 fully saturated rings. The first kappa shape index (κ1) is 14.0. The van der Waals surface area contributed by atoms with Crippen LogP contribution in [0.1, 0.15) is 33.1 Å². The molecule has 2 saturated heterocycles. The van der Waals surface area contributed by atoms with Crippen molar-refractivity contribution < 1.29 is 14.4 Å². The molecular weight excluding hydrogens is 246 g/mol. The van der Waals surface area contributed by atoms with Crippen molar-refractivity contribution in [3.63, 3.8) is 0 Å². The number of hydrogen-bond donors (Lipinski definition) is 2. The van der Waals surface area contributed by atoms with E-state index >= 15 is 0 Å². The largest absolute Gasteiger partial charge is 0.321 e. The lowest BCUT2D eigenvalue weighted by Gasteiger charge is -2.42. The highest BCUT2D eigenvalue weighted by Gasteiger charge is 2.44. The van der Waals surface area contributed by atoms with Crippen LogP contribution in [-0.2, 0) is 14.4 Å². The zero-order valence-corrected chi connectivity index (χ0v) is 11.5. The number of amides is 3. The molecule has 2 heterocycles. The third-order valence-electron chi connectivity index (χ3n) is 4.38. The Balaban J connectivity index is 2.21. The summed E-state index contributed by atoms with van der Waals surface area (Å²) in [5.74, 6) is -0.825. The maximum Gasteiger partial charge on any atom is 0.249 e. The number of nitrogens with zero attached hydrogens (tertiary/aromatic N) is 1. The van der Waals surface area contributed by atoms with Crippen molar-refractivity contribution in [1.82, 2.24) is 15.5 Å². The Morgan fingerprint density at radius 3 is 2.58 bits per heavy atom. The molecule has 1 unspecified atom stereocenters. The summed E-state index contributed by atoms with van der Waals surface area (Å²) in [5, 5.41) is 5.51. The van der Waals surface area contributed by atoms with E-state index in [-0.39, 0.29) is 18.4 Å². The molecule has 3 amide bonds. The number of carbonyl (C=O) groups excluding carboxylic acids is 3. The summed E-state index contributed by atoms with van der Waals surface area (Å²) in [6, 6.07) is -0.566. The zero-order chi connectivity index (χ0) is 14.0. The Kier molecular flexibility index (Phi) is 3.89. The molecule has 2 aliphatic heterocycles. The van der Waals surface area contributed by atoms with E-state index in [9.17, 15) is 14.4 Å². The first-order valence-corrected chi connectivity index (χ1v) is 6.85. The average Bonchev–Trinajstić information content (AvgIpc) is 2.42. The number of piperazine rings is 1. The Bertz CT molecular complexity index is 402. The molecule has 19 heavy (non-hydrogen) atoms. The number of rotatable bonds is 2. The number of hydrogen-bond acceptors (Lipinski definition) is 4. The van der Waals surface area contributed by atoms with Crippen LogP contribution in [0.3, 0.4) is 0 Å². The van der Waals surface area contributed by atoms with Crippen molar-refractivity contribution >= 4 is 17.7 Å². The molecule has 0 bridgehead atoms. The van der Waals surface area contributed by atoms with Gasteiger partial charge in [-0.25, -0.2) is 0 Å². The van der Waals surface area contributed by atoms with Gasteiger partial charge in [0.25, 0.3) is 0 Å². The van der Waals surface area contributed by atoms with Crippen molar-refractivity contribution in [3.8, 4) is 0 Å². The maximum atomic E-state index is 12.8. The summed E-state index contributed by atoms with van der Waals surface area (Å²) in [7, 11) is 0.